The highest BCUT2D eigenvalue weighted by Gasteiger charge is 2.33. The van der Waals surface area contributed by atoms with Crippen molar-refractivity contribution in [3.05, 3.63) is 0 Å². The predicted molar refractivity (Wildman–Crippen MR) is 79.1 cm³/mol. The van der Waals surface area contributed by atoms with E-state index in [4.69, 9.17) is 0 Å². The molecule has 2 N–H and O–H groups in total. The van der Waals surface area contributed by atoms with Crippen molar-refractivity contribution in [3.8, 4) is 0 Å². The summed E-state index contributed by atoms with van der Waals surface area (Å²) in [5.41, 5.74) is 0. The summed E-state index contributed by atoms with van der Waals surface area (Å²) >= 11 is 0. The lowest BCUT2D eigenvalue weighted by Gasteiger charge is -2.32. The number of rotatable bonds is 4. The maximum Gasteiger partial charge on any atom is 0.243 e. The Morgan fingerprint density at radius 2 is 1.60 bits per heavy atom. The number of carbonyl (C=O) groups is 2. The van der Waals surface area contributed by atoms with Crippen LogP contribution in [0.5, 0.6) is 0 Å². The molecular weight excluding hydrogens is 252 g/mol. The Bertz CT molecular complexity index is 350. The molecule has 2 rings (SSSR count). The lowest BCUT2D eigenvalue weighted by Crippen LogP contribution is -2.53. The van der Waals surface area contributed by atoms with Gasteiger partial charge in [0.2, 0.25) is 11.8 Å². The molecule has 0 aliphatic heterocycles. The molecule has 4 nitrogen and oxygen atoms in total. The first kappa shape index (κ1) is 15.3. The summed E-state index contributed by atoms with van der Waals surface area (Å²) in [5.74, 6) is 0.798. The SMILES string of the molecule is CC(=O)N[C@H](C(=O)N[C@H]1CCCC[C@@H]1C)C1CCCC1. The number of hydrogen-bond donors (Lipinski definition) is 2. The predicted octanol–water partition coefficient (Wildman–Crippen LogP) is 2.38. The summed E-state index contributed by atoms with van der Waals surface area (Å²) in [5, 5.41) is 6.07. The molecule has 3 atom stereocenters. The van der Waals surface area contributed by atoms with Gasteiger partial charge in [-0.2, -0.15) is 0 Å². The van der Waals surface area contributed by atoms with Crippen LogP contribution in [0.25, 0.3) is 0 Å². The van der Waals surface area contributed by atoms with Crippen molar-refractivity contribution in [2.45, 2.75) is 77.3 Å². The topological polar surface area (TPSA) is 58.2 Å². The number of carbonyl (C=O) groups excluding carboxylic acids is 2. The minimum atomic E-state index is -0.330. The Morgan fingerprint density at radius 1 is 1.00 bits per heavy atom. The summed E-state index contributed by atoms with van der Waals surface area (Å²) in [6, 6.07) is -0.0435. The monoisotopic (exact) mass is 280 g/mol. The molecule has 2 amide bonds. The van der Waals surface area contributed by atoms with E-state index in [1.165, 1.54) is 39.0 Å². The van der Waals surface area contributed by atoms with Gasteiger partial charge in [0.25, 0.3) is 0 Å². The number of nitrogens with one attached hydrogen (secondary N) is 2. The fraction of sp³-hybridized carbons (Fsp3) is 0.875. The van der Waals surface area contributed by atoms with Gasteiger partial charge in [-0.25, -0.2) is 0 Å². The molecule has 2 aliphatic rings. The summed E-state index contributed by atoms with van der Waals surface area (Å²) < 4.78 is 0. The zero-order valence-corrected chi connectivity index (χ0v) is 12.8. The molecule has 0 aromatic carbocycles. The van der Waals surface area contributed by atoms with E-state index in [-0.39, 0.29) is 23.9 Å². The molecule has 2 aliphatic carbocycles. The highest BCUT2D eigenvalue weighted by atomic mass is 16.2. The normalized spacial score (nSPS) is 28.9. The van der Waals surface area contributed by atoms with Crippen LogP contribution in [0.2, 0.25) is 0 Å². The first-order chi connectivity index (χ1) is 9.58. The molecule has 0 spiro atoms. The molecule has 2 fully saturated rings. The van der Waals surface area contributed by atoms with Crippen molar-refractivity contribution < 1.29 is 9.59 Å². The van der Waals surface area contributed by atoms with E-state index in [1.54, 1.807) is 0 Å². The first-order valence-corrected chi connectivity index (χ1v) is 8.15. The van der Waals surface area contributed by atoms with Crippen molar-refractivity contribution in [2.75, 3.05) is 0 Å². The Hall–Kier alpha value is -1.06. The molecule has 0 saturated heterocycles. The van der Waals surface area contributed by atoms with Gasteiger partial charge >= 0.3 is 0 Å². The molecule has 4 heteroatoms. The maximum atomic E-state index is 12.6. The minimum absolute atomic E-state index is 0.0332. The molecule has 0 aromatic rings. The molecule has 114 valence electrons. The van der Waals surface area contributed by atoms with Gasteiger partial charge in [0.15, 0.2) is 0 Å². The maximum absolute atomic E-state index is 12.6. The third kappa shape index (κ3) is 3.97. The zero-order chi connectivity index (χ0) is 14.5. The van der Waals surface area contributed by atoms with Gasteiger partial charge in [-0.1, -0.05) is 32.6 Å². The van der Waals surface area contributed by atoms with E-state index >= 15 is 0 Å². The molecule has 0 bridgehead atoms. The second-order valence-corrected chi connectivity index (χ2v) is 6.60. The van der Waals surface area contributed by atoms with Crippen molar-refractivity contribution in [1.29, 1.82) is 0 Å². The standard InChI is InChI=1S/C16H28N2O2/c1-11-7-3-6-10-14(11)18-16(20)15(17-12(2)19)13-8-4-5-9-13/h11,13-15H,3-10H2,1-2H3,(H,17,19)(H,18,20)/t11-,14-,15-/m0/s1. The number of hydrogen-bond acceptors (Lipinski definition) is 2. The van der Waals surface area contributed by atoms with Crippen molar-refractivity contribution in [1.82, 2.24) is 10.6 Å². The average molecular weight is 280 g/mol. The van der Waals surface area contributed by atoms with Crippen LogP contribution < -0.4 is 10.6 Å². The summed E-state index contributed by atoms with van der Waals surface area (Å²) in [4.78, 5) is 23.9. The Labute approximate surface area is 122 Å². The van der Waals surface area contributed by atoms with Crippen LogP contribution in [-0.2, 0) is 9.59 Å². The zero-order valence-electron chi connectivity index (χ0n) is 12.8. The van der Waals surface area contributed by atoms with E-state index in [0.717, 1.165) is 19.3 Å². The summed E-state index contributed by atoms with van der Waals surface area (Å²) in [6.07, 6.45) is 9.19. The lowest BCUT2D eigenvalue weighted by molar-refractivity contribution is -0.130. The second kappa shape index (κ2) is 7.09. The lowest BCUT2D eigenvalue weighted by atomic mass is 9.85. The Morgan fingerprint density at radius 3 is 2.20 bits per heavy atom. The van der Waals surface area contributed by atoms with E-state index in [2.05, 4.69) is 17.6 Å². The van der Waals surface area contributed by atoms with E-state index in [1.807, 2.05) is 0 Å². The van der Waals surface area contributed by atoms with Gasteiger partial charge < -0.3 is 10.6 Å². The van der Waals surface area contributed by atoms with Gasteiger partial charge in [0, 0.05) is 13.0 Å². The van der Waals surface area contributed by atoms with Gasteiger partial charge in [0.05, 0.1) is 0 Å². The van der Waals surface area contributed by atoms with Gasteiger partial charge in [-0.3, -0.25) is 9.59 Å². The molecule has 0 radical (unpaired) electrons. The third-order valence-electron chi connectivity index (χ3n) is 4.95. The molecule has 0 aromatic heterocycles. The minimum Gasteiger partial charge on any atom is -0.351 e. The van der Waals surface area contributed by atoms with Crippen molar-refractivity contribution >= 4 is 11.8 Å². The Balaban J connectivity index is 1.96. The highest BCUT2D eigenvalue weighted by Crippen LogP contribution is 2.29. The largest absolute Gasteiger partial charge is 0.351 e. The van der Waals surface area contributed by atoms with Crippen molar-refractivity contribution in [3.63, 3.8) is 0 Å². The van der Waals surface area contributed by atoms with E-state index in [0.29, 0.717) is 11.8 Å². The Kier molecular flexibility index (Phi) is 5.44. The molecular formula is C16H28N2O2. The fourth-order valence-corrected chi connectivity index (χ4v) is 3.71. The second-order valence-electron chi connectivity index (χ2n) is 6.60. The third-order valence-corrected chi connectivity index (χ3v) is 4.95. The molecule has 20 heavy (non-hydrogen) atoms. The van der Waals surface area contributed by atoms with Gasteiger partial charge in [0.1, 0.15) is 6.04 Å². The quantitative estimate of drug-likeness (QED) is 0.830. The van der Waals surface area contributed by atoms with Crippen molar-refractivity contribution in [2.24, 2.45) is 11.8 Å². The van der Waals surface area contributed by atoms with Gasteiger partial charge in [-0.15, -0.1) is 0 Å². The average Bonchev–Trinajstić information content (AvgIpc) is 2.92. The van der Waals surface area contributed by atoms with Crippen LogP contribution in [0.4, 0.5) is 0 Å². The van der Waals surface area contributed by atoms with Crippen LogP contribution in [-0.4, -0.2) is 23.9 Å². The molecule has 0 heterocycles. The highest BCUT2D eigenvalue weighted by molar-refractivity contribution is 5.87. The van der Waals surface area contributed by atoms with E-state index in [9.17, 15) is 9.59 Å². The molecule has 2 saturated carbocycles. The smallest absolute Gasteiger partial charge is 0.243 e. The van der Waals surface area contributed by atoms with Crippen LogP contribution >= 0.6 is 0 Å². The van der Waals surface area contributed by atoms with Crippen LogP contribution in [0.3, 0.4) is 0 Å². The first-order valence-electron chi connectivity index (χ1n) is 8.15. The fourth-order valence-electron chi connectivity index (χ4n) is 3.71. The molecule has 0 unspecified atom stereocenters. The van der Waals surface area contributed by atoms with Crippen LogP contribution in [0, 0.1) is 11.8 Å². The number of amides is 2. The van der Waals surface area contributed by atoms with E-state index < -0.39 is 0 Å². The summed E-state index contributed by atoms with van der Waals surface area (Å²) in [6.45, 7) is 3.71. The summed E-state index contributed by atoms with van der Waals surface area (Å²) in [7, 11) is 0. The van der Waals surface area contributed by atoms with Crippen LogP contribution in [0.1, 0.15) is 65.2 Å². The van der Waals surface area contributed by atoms with Gasteiger partial charge in [-0.05, 0) is 37.5 Å². The van der Waals surface area contributed by atoms with Crippen LogP contribution in [0.15, 0.2) is 0 Å².